The first kappa shape index (κ1) is 20.4. The first-order chi connectivity index (χ1) is 13.2. The second-order valence-corrected chi connectivity index (χ2v) is 8.01. The molecular formula is C21H26ClN3O3. The predicted molar refractivity (Wildman–Crippen MR) is 108 cm³/mol. The molecule has 150 valence electrons. The van der Waals surface area contributed by atoms with E-state index in [1.54, 1.807) is 38.1 Å². The number of piperidine rings is 1. The Labute approximate surface area is 170 Å². The number of likely N-dealkylation sites (tertiary alicyclic amines) is 1. The van der Waals surface area contributed by atoms with Crippen LogP contribution in [0.5, 0.6) is 11.6 Å². The van der Waals surface area contributed by atoms with Crippen LogP contribution in [0.1, 0.15) is 38.2 Å². The molecule has 6 nitrogen and oxygen atoms in total. The molecule has 2 heterocycles. The molecule has 0 N–H and O–H groups in total. The van der Waals surface area contributed by atoms with Gasteiger partial charge in [-0.1, -0.05) is 11.6 Å². The molecular weight excluding hydrogens is 378 g/mol. The van der Waals surface area contributed by atoms with Gasteiger partial charge in [0.05, 0.1) is 0 Å². The lowest BCUT2D eigenvalue weighted by atomic mass is 10.0. The highest BCUT2D eigenvalue weighted by Crippen LogP contribution is 2.25. The Kier molecular flexibility index (Phi) is 6.08. The molecule has 1 saturated heterocycles. The highest BCUT2D eigenvalue weighted by Gasteiger charge is 2.36. The fourth-order valence-corrected chi connectivity index (χ4v) is 3.44. The Morgan fingerprint density at radius 1 is 1.14 bits per heavy atom. The van der Waals surface area contributed by atoms with Crippen molar-refractivity contribution >= 4 is 17.5 Å². The lowest BCUT2D eigenvalue weighted by molar-refractivity contribution is -0.147. The Bertz CT molecular complexity index is 811. The summed E-state index contributed by atoms with van der Waals surface area (Å²) in [5, 5.41) is 0.632. The van der Waals surface area contributed by atoms with Gasteiger partial charge in [0.1, 0.15) is 17.7 Å². The minimum Gasteiger partial charge on any atom is -0.478 e. The number of ether oxygens (including phenoxy) is 2. The van der Waals surface area contributed by atoms with Gasteiger partial charge in [0.25, 0.3) is 5.91 Å². The van der Waals surface area contributed by atoms with Gasteiger partial charge < -0.3 is 14.4 Å². The lowest BCUT2D eigenvalue weighted by Gasteiger charge is -2.36. The molecule has 1 aromatic heterocycles. The zero-order chi connectivity index (χ0) is 20.3. The number of benzene rings is 1. The standard InChI is InChI=1S/C21H26ClN3O3/c1-14-13-19(24-15(2)23-14)27-17-9-11-25(12-10-17)20(26)21(3,4)28-18-7-5-16(22)6-8-18/h5-8,13,17H,9-12H2,1-4H3. The number of hydrogen-bond donors (Lipinski definition) is 0. The smallest absolute Gasteiger partial charge is 0.266 e. The zero-order valence-corrected chi connectivity index (χ0v) is 17.5. The van der Waals surface area contributed by atoms with Gasteiger partial charge in [-0.3, -0.25) is 4.79 Å². The maximum absolute atomic E-state index is 13.0. The summed E-state index contributed by atoms with van der Waals surface area (Å²) >= 11 is 5.91. The highest BCUT2D eigenvalue weighted by atomic mass is 35.5. The van der Waals surface area contributed by atoms with E-state index in [9.17, 15) is 4.79 Å². The van der Waals surface area contributed by atoms with Gasteiger partial charge in [-0.15, -0.1) is 0 Å². The molecule has 3 rings (SSSR count). The van der Waals surface area contributed by atoms with E-state index in [2.05, 4.69) is 9.97 Å². The average molecular weight is 404 g/mol. The van der Waals surface area contributed by atoms with Crippen molar-refractivity contribution in [1.29, 1.82) is 0 Å². The van der Waals surface area contributed by atoms with E-state index < -0.39 is 5.60 Å². The van der Waals surface area contributed by atoms with Crippen molar-refractivity contribution < 1.29 is 14.3 Å². The zero-order valence-electron chi connectivity index (χ0n) is 16.7. The van der Waals surface area contributed by atoms with Gasteiger partial charge in [-0.05, 0) is 52.0 Å². The summed E-state index contributed by atoms with van der Waals surface area (Å²) in [7, 11) is 0. The number of amides is 1. The van der Waals surface area contributed by atoms with Crippen LogP contribution in [0.2, 0.25) is 5.02 Å². The van der Waals surface area contributed by atoms with Crippen molar-refractivity contribution in [3.8, 4) is 11.6 Å². The van der Waals surface area contributed by atoms with Gasteiger partial charge in [0.15, 0.2) is 5.60 Å². The minimum absolute atomic E-state index is 0.0328. The Morgan fingerprint density at radius 3 is 2.39 bits per heavy atom. The third-order valence-electron chi connectivity index (χ3n) is 4.66. The van der Waals surface area contributed by atoms with Gasteiger partial charge in [0.2, 0.25) is 5.88 Å². The summed E-state index contributed by atoms with van der Waals surface area (Å²) in [6, 6.07) is 8.87. The summed E-state index contributed by atoms with van der Waals surface area (Å²) in [6.07, 6.45) is 1.55. The average Bonchev–Trinajstić information content (AvgIpc) is 2.63. The van der Waals surface area contributed by atoms with Gasteiger partial charge >= 0.3 is 0 Å². The van der Waals surface area contributed by atoms with Gasteiger partial charge in [0, 0.05) is 42.7 Å². The molecule has 0 spiro atoms. The Hall–Kier alpha value is -2.34. The molecule has 1 amide bonds. The third-order valence-corrected chi connectivity index (χ3v) is 4.91. The van der Waals surface area contributed by atoms with E-state index in [0.717, 1.165) is 18.5 Å². The van der Waals surface area contributed by atoms with Crippen LogP contribution in [0.4, 0.5) is 0 Å². The molecule has 1 aliphatic heterocycles. The van der Waals surface area contributed by atoms with Crippen molar-refractivity contribution in [1.82, 2.24) is 14.9 Å². The molecule has 1 aromatic carbocycles. The van der Waals surface area contributed by atoms with Crippen LogP contribution < -0.4 is 9.47 Å². The number of aromatic nitrogens is 2. The van der Waals surface area contributed by atoms with E-state index in [4.69, 9.17) is 21.1 Å². The number of aryl methyl sites for hydroxylation is 2. The molecule has 1 fully saturated rings. The number of hydrogen-bond acceptors (Lipinski definition) is 5. The minimum atomic E-state index is -0.956. The van der Waals surface area contributed by atoms with E-state index in [-0.39, 0.29) is 12.0 Å². The van der Waals surface area contributed by atoms with Crippen molar-refractivity contribution in [2.45, 2.75) is 52.2 Å². The van der Waals surface area contributed by atoms with Crippen LogP contribution >= 0.6 is 11.6 Å². The normalized spacial score (nSPS) is 15.4. The van der Waals surface area contributed by atoms with Crippen LogP contribution in [0.3, 0.4) is 0 Å². The predicted octanol–water partition coefficient (Wildman–Crippen LogP) is 3.97. The van der Waals surface area contributed by atoms with E-state index in [1.807, 2.05) is 24.8 Å². The third kappa shape index (κ3) is 5.13. The van der Waals surface area contributed by atoms with Crippen molar-refractivity contribution in [2.24, 2.45) is 0 Å². The van der Waals surface area contributed by atoms with Crippen LogP contribution in [-0.4, -0.2) is 45.6 Å². The van der Waals surface area contributed by atoms with Crippen LogP contribution in [0, 0.1) is 13.8 Å². The first-order valence-electron chi connectivity index (χ1n) is 9.46. The molecule has 0 radical (unpaired) electrons. The maximum Gasteiger partial charge on any atom is 0.266 e. The lowest BCUT2D eigenvalue weighted by Crippen LogP contribution is -2.52. The monoisotopic (exact) mass is 403 g/mol. The van der Waals surface area contributed by atoms with Crippen LogP contribution in [0.25, 0.3) is 0 Å². The number of carbonyl (C=O) groups is 1. The van der Waals surface area contributed by atoms with Gasteiger partial charge in [-0.25, -0.2) is 4.98 Å². The molecule has 0 saturated carbocycles. The second-order valence-electron chi connectivity index (χ2n) is 7.57. The number of halogens is 1. The van der Waals surface area contributed by atoms with E-state index in [0.29, 0.717) is 35.6 Å². The SMILES string of the molecule is Cc1cc(OC2CCN(C(=O)C(C)(C)Oc3ccc(Cl)cc3)CC2)nc(C)n1. The molecule has 0 unspecified atom stereocenters. The number of nitrogens with zero attached hydrogens (tertiary/aromatic N) is 3. The summed E-state index contributed by atoms with van der Waals surface area (Å²) in [5.74, 6) is 1.88. The van der Waals surface area contributed by atoms with Gasteiger partial charge in [-0.2, -0.15) is 4.98 Å². The van der Waals surface area contributed by atoms with Crippen LogP contribution in [0.15, 0.2) is 30.3 Å². The second kappa shape index (κ2) is 8.35. The number of rotatable bonds is 5. The largest absolute Gasteiger partial charge is 0.478 e. The molecule has 7 heteroatoms. The first-order valence-corrected chi connectivity index (χ1v) is 9.83. The molecule has 0 atom stereocenters. The summed E-state index contributed by atoms with van der Waals surface area (Å²) in [6.45, 7) is 8.60. The highest BCUT2D eigenvalue weighted by molar-refractivity contribution is 6.30. The van der Waals surface area contributed by atoms with Crippen molar-refractivity contribution in [2.75, 3.05) is 13.1 Å². The molecule has 0 bridgehead atoms. The molecule has 2 aromatic rings. The summed E-state index contributed by atoms with van der Waals surface area (Å²) in [4.78, 5) is 23.4. The fourth-order valence-electron chi connectivity index (χ4n) is 3.31. The molecule has 1 aliphatic rings. The van der Waals surface area contributed by atoms with E-state index in [1.165, 1.54) is 0 Å². The quantitative estimate of drug-likeness (QED) is 0.755. The fraction of sp³-hybridized carbons (Fsp3) is 0.476. The topological polar surface area (TPSA) is 64.5 Å². The van der Waals surface area contributed by atoms with Crippen molar-refractivity contribution in [3.63, 3.8) is 0 Å². The summed E-state index contributed by atoms with van der Waals surface area (Å²) in [5.41, 5.74) is -0.0706. The Morgan fingerprint density at radius 2 is 1.79 bits per heavy atom. The molecule has 28 heavy (non-hydrogen) atoms. The molecule has 0 aliphatic carbocycles. The number of carbonyl (C=O) groups excluding carboxylic acids is 1. The maximum atomic E-state index is 13.0. The summed E-state index contributed by atoms with van der Waals surface area (Å²) < 4.78 is 11.9. The Balaban J connectivity index is 1.55. The van der Waals surface area contributed by atoms with Crippen LogP contribution in [-0.2, 0) is 4.79 Å². The van der Waals surface area contributed by atoms with Crippen molar-refractivity contribution in [3.05, 3.63) is 46.9 Å². The van der Waals surface area contributed by atoms with E-state index >= 15 is 0 Å².